The van der Waals surface area contributed by atoms with Crippen LogP contribution < -0.4 is 0 Å². The topological polar surface area (TPSA) is 46.5 Å². The fourth-order valence-electron chi connectivity index (χ4n) is 1.65. The van der Waals surface area contributed by atoms with Crippen molar-refractivity contribution in [2.45, 2.75) is 25.6 Å². The second-order valence-corrected chi connectivity index (χ2v) is 4.02. The normalized spacial score (nSPS) is 15.1. The van der Waals surface area contributed by atoms with Crippen LogP contribution >= 0.6 is 0 Å². The highest BCUT2D eigenvalue weighted by Crippen LogP contribution is 2.41. The van der Waals surface area contributed by atoms with Crippen molar-refractivity contribution < 1.29 is 27.8 Å². The maximum Gasteiger partial charge on any atom is 0.432 e. The average molecular weight is 262 g/mol. The Kier molecular flexibility index (Phi) is 3.71. The molecule has 1 aromatic carbocycles. The molecule has 0 bridgehead atoms. The minimum atomic E-state index is -5.15. The van der Waals surface area contributed by atoms with Gasteiger partial charge in [0.05, 0.1) is 7.11 Å². The molecule has 0 saturated carbocycles. The first-order valence-corrected chi connectivity index (χ1v) is 5.10. The predicted molar refractivity (Wildman–Crippen MR) is 57.9 cm³/mol. The van der Waals surface area contributed by atoms with E-state index in [0.717, 1.165) is 13.2 Å². The molecular weight excluding hydrogens is 249 g/mol. The van der Waals surface area contributed by atoms with E-state index in [4.69, 9.17) is 0 Å². The molecule has 0 aliphatic carbocycles. The lowest BCUT2D eigenvalue weighted by atomic mass is 9.88. The van der Waals surface area contributed by atoms with E-state index in [1.807, 2.05) is 0 Å². The molecular formula is C12H13F3O3. The van der Waals surface area contributed by atoms with E-state index >= 15 is 0 Å². The zero-order valence-electron chi connectivity index (χ0n) is 10.1. The molecule has 0 heterocycles. The Morgan fingerprint density at radius 1 is 1.28 bits per heavy atom. The molecule has 0 fully saturated rings. The third-order valence-electron chi connectivity index (χ3n) is 2.67. The Morgan fingerprint density at radius 3 is 2.28 bits per heavy atom. The highest BCUT2D eigenvalue weighted by Gasteiger charge is 2.62. The van der Waals surface area contributed by atoms with Crippen molar-refractivity contribution in [3.05, 3.63) is 34.9 Å². The lowest BCUT2D eigenvalue weighted by Crippen LogP contribution is -2.50. The molecule has 100 valence electrons. The number of halogens is 3. The van der Waals surface area contributed by atoms with E-state index in [1.165, 1.54) is 13.0 Å². The molecule has 0 saturated heterocycles. The van der Waals surface area contributed by atoms with Crippen LogP contribution in [0.15, 0.2) is 18.2 Å². The van der Waals surface area contributed by atoms with Crippen molar-refractivity contribution >= 4 is 5.97 Å². The fraction of sp³-hybridized carbons (Fsp3) is 0.417. The SMILES string of the molecule is COC(=O)[C@](O)(c1cc(C)ccc1C)C(F)(F)F. The summed E-state index contributed by atoms with van der Waals surface area (Å²) < 4.78 is 43.0. The molecule has 1 rings (SSSR count). The van der Waals surface area contributed by atoms with Crippen LogP contribution in [0.2, 0.25) is 0 Å². The summed E-state index contributed by atoms with van der Waals surface area (Å²) in [6.45, 7) is 2.95. The van der Waals surface area contributed by atoms with Crippen molar-refractivity contribution in [3.8, 4) is 0 Å². The maximum atomic E-state index is 13.0. The third kappa shape index (κ3) is 2.20. The van der Waals surface area contributed by atoms with Gasteiger partial charge in [-0.2, -0.15) is 13.2 Å². The number of benzene rings is 1. The van der Waals surface area contributed by atoms with E-state index in [-0.39, 0.29) is 5.56 Å². The monoisotopic (exact) mass is 262 g/mol. The molecule has 0 spiro atoms. The first kappa shape index (κ1) is 14.5. The summed E-state index contributed by atoms with van der Waals surface area (Å²) in [6.07, 6.45) is -5.15. The number of methoxy groups -OCH3 is 1. The van der Waals surface area contributed by atoms with Crippen LogP contribution in [0.25, 0.3) is 0 Å². The standard InChI is InChI=1S/C12H13F3O3/c1-7-4-5-8(2)9(6-7)11(17,10(16)18-3)12(13,14)15/h4-6,17H,1-3H3/t11-/m1/s1. The number of aliphatic hydroxyl groups is 1. The van der Waals surface area contributed by atoms with Crippen LogP contribution in [0.3, 0.4) is 0 Å². The second kappa shape index (κ2) is 4.61. The van der Waals surface area contributed by atoms with E-state index < -0.39 is 23.3 Å². The Morgan fingerprint density at radius 2 is 1.83 bits per heavy atom. The molecule has 0 aliphatic heterocycles. The van der Waals surface area contributed by atoms with Crippen molar-refractivity contribution in [1.82, 2.24) is 0 Å². The van der Waals surface area contributed by atoms with Gasteiger partial charge in [0, 0.05) is 5.56 Å². The summed E-state index contributed by atoms with van der Waals surface area (Å²) in [4.78, 5) is 11.4. The Hall–Kier alpha value is -1.56. The minimum Gasteiger partial charge on any atom is -0.466 e. The van der Waals surface area contributed by atoms with Crippen LogP contribution in [0, 0.1) is 13.8 Å². The summed E-state index contributed by atoms with van der Waals surface area (Å²) in [6, 6.07) is 4.12. The Labute approximate surface area is 102 Å². The molecule has 3 nitrogen and oxygen atoms in total. The minimum absolute atomic E-state index is 0.158. The second-order valence-electron chi connectivity index (χ2n) is 4.02. The number of alkyl halides is 3. The number of rotatable bonds is 2. The van der Waals surface area contributed by atoms with Gasteiger partial charge >= 0.3 is 12.1 Å². The number of carbonyl (C=O) groups is 1. The van der Waals surface area contributed by atoms with Gasteiger partial charge < -0.3 is 9.84 Å². The highest BCUT2D eigenvalue weighted by molar-refractivity contribution is 5.82. The number of hydrogen-bond donors (Lipinski definition) is 1. The number of carbonyl (C=O) groups excluding carboxylic acids is 1. The third-order valence-corrected chi connectivity index (χ3v) is 2.67. The quantitative estimate of drug-likeness (QED) is 0.831. The molecule has 1 atom stereocenters. The molecule has 6 heteroatoms. The van der Waals surface area contributed by atoms with Crippen LogP contribution in [-0.2, 0) is 15.1 Å². The summed E-state index contributed by atoms with van der Waals surface area (Å²) in [7, 11) is 0.796. The predicted octanol–water partition coefficient (Wildman–Crippen LogP) is 2.23. The number of esters is 1. The van der Waals surface area contributed by atoms with Crippen molar-refractivity contribution in [2.24, 2.45) is 0 Å². The lowest BCUT2D eigenvalue weighted by Gasteiger charge is -2.29. The summed E-state index contributed by atoms with van der Waals surface area (Å²) in [5, 5.41) is 9.79. The maximum absolute atomic E-state index is 13.0. The van der Waals surface area contributed by atoms with Gasteiger partial charge in [-0.05, 0) is 19.4 Å². The van der Waals surface area contributed by atoms with Crippen molar-refractivity contribution in [3.63, 3.8) is 0 Å². The summed E-state index contributed by atoms with van der Waals surface area (Å²) in [5.41, 5.74) is -3.49. The molecule has 1 N–H and O–H groups in total. The summed E-state index contributed by atoms with van der Waals surface area (Å²) in [5.74, 6) is -1.75. The average Bonchev–Trinajstić information content (AvgIpc) is 2.28. The number of aryl methyl sites for hydroxylation is 2. The zero-order valence-corrected chi connectivity index (χ0v) is 10.1. The lowest BCUT2D eigenvalue weighted by molar-refractivity contribution is -0.267. The van der Waals surface area contributed by atoms with E-state index in [9.17, 15) is 23.1 Å². The molecule has 0 aliphatic rings. The molecule has 18 heavy (non-hydrogen) atoms. The van der Waals surface area contributed by atoms with Gasteiger partial charge in [0.15, 0.2) is 0 Å². The van der Waals surface area contributed by atoms with Crippen LogP contribution in [-0.4, -0.2) is 24.4 Å². The molecule has 0 unspecified atom stereocenters. The van der Waals surface area contributed by atoms with Crippen molar-refractivity contribution in [1.29, 1.82) is 0 Å². The van der Waals surface area contributed by atoms with Crippen LogP contribution in [0.4, 0.5) is 13.2 Å². The van der Waals surface area contributed by atoms with E-state index in [0.29, 0.717) is 5.56 Å². The highest BCUT2D eigenvalue weighted by atomic mass is 19.4. The number of ether oxygens (including phenoxy) is 1. The van der Waals surface area contributed by atoms with E-state index in [1.54, 1.807) is 13.0 Å². The Bertz CT molecular complexity index is 468. The van der Waals surface area contributed by atoms with Gasteiger partial charge in [0.25, 0.3) is 5.60 Å². The molecule has 0 aromatic heterocycles. The van der Waals surface area contributed by atoms with Gasteiger partial charge in [-0.25, -0.2) is 4.79 Å². The van der Waals surface area contributed by atoms with E-state index in [2.05, 4.69) is 4.74 Å². The summed E-state index contributed by atoms with van der Waals surface area (Å²) >= 11 is 0. The van der Waals surface area contributed by atoms with Crippen LogP contribution in [0.1, 0.15) is 16.7 Å². The largest absolute Gasteiger partial charge is 0.466 e. The van der Waals surface area contributed by atoms with Gasteiger partial charge in [-0.3, -0.25) is 0 Å². The first-order chi connectivity index (χ1) is 8.14. The molecule has 0 amide bonds. The first-order valence-electron chi connectivity index (χ1n) is 5.10. The Balaban J connectivity index is 3.54. The van der Waals surface area contributed by atoms with Gasteiger partial charge in [-0.15, -0.1) is 0 Å². The zero-order chi connectivity index (χ0) is 14.1. The number of hydrogen-bond acceptors (Lipinski definition) is 3. The smallest absolute Gasteiger partial charge is 0.432 e. The molecule has 1 aromatic rings. The molecule has 0 radical (unpaired) electrons. The van der Waals surface area contributed by atoms with Gasteiger partial charge in [0.2, 0.25) is 0 Å². The van der Waals surface area contributed by atoms with Gasteiger partial charge in [-0.1, -0.05) is 23.8 Å². The fourth-order valence-corrected chi connectivity index (χ4v) is 1.65. The van der Waals surface area contributed by atoms with Gasteiger partial charge in [0.1, 0.15) is 0 Å². The van der Waals surface area contributed by atoms with Crippen LogP contribution in [0.5, 0.6) is 0 Å². The van der Waals surface area contributed by atoms with Crippen molar-refractivity contribution in [2.75, 3.05) is 7.11 Å².